The summed E-state index contributed by atoms with van der Waals surface area (Å²) in [5.41, 5.74) is 0.524. The zero-order valence-corrected chi connectivity index (χ0v) is 10.0. The fourth-order valence-electron chi connectivity index (χ4n) is 1.85. The zero-order chi connectivity index (χ0) is 13.1. The van der Waals surface area contributed by atoms with Crippen molar-refractivity contribution in [3.63, 3.8) is 0 Å². The summed E-state index contributed by atoms with van der Waals surface area (Å²) in [6.45, 7) is 0. The predicted molar refractivity (Wildman–Crippen MR) is 72.0 cm³/mol. The largest absolute Gasteiger partial charge is 0.423 e. The maximum absolute atomic E-state index is 12.0. The Morgan fingerprint density at radius 1 is 1.05 bits per heavy atom. The third-order valence-corrected chi connectivity index (χ3v) is 2.79. The molecule has 19 heavy (non-hydrogen) atoms. The average molecular weight is 248 g/mol. The molecule has 1 radical (unpaired) electrons. The standard InChI is InChI=1S/C16H10NO2/c18-16(19-15-7-9-17-10-8-15)14-6-5-12-3-1-2-4-13(12)11-14/h1-9,11H. The first-order valence-electron chi connectivity index (χ1n) is 5.86. The molecule has 0 aliphatic heterocycles. The van der Waals surface area contributed by atoms with Crippen molar-refractivity contribution >= 4 is 16.7 Å². The molecule has 0 amide bonds. The quantitative estimate of drug-likeness (QED) is 0.653. The Morgan fingerprint density at radius 2 is 1.89 bits per heavy atom. The van der Waals surface area contributed by atoms with Gasteiger partial charge in [0.2, 0.25) is 0 Å². The molecule has 2 aromatic carbocycles. The molecule has 91 valence electrons. The molecule has 0 bridgehead atoms. The fraction of sp³-hybridized carbons (Fsp3) is 0. The number of hydrogen-bond donors (Lipinski definition) is 0. The molecule has 0 saturated carbocycles. The molecule has 3 heteroatoms. The van der Waals surface area contributed by atoms with E-state index in [4.69, 9.17) is 4.74 Å². The van der Waals surface area contributed by atoms with Crippen LogP contribution in [-0.2, 0) is 0 Å². The molecule has 3 rings (SSSR count). The Labute approximate surface area is 110 Å². The number of esters is 1. The Kier molecular flexibility index (Phi) is 2.94. The number of pyridine rings is 1. The summed E-state index contributed by atoms with van der Waals surface area (Å²) >= 11 is 0. The number of benzene rings is 2. The maximum Gasteiger partial charge on any atom is 0.343 e. The first-order valence-corrected chi connectivity index (χ1v) is 5.86. The van der Waals surface area contributed by atoms with Crippen LogP contribution in [0.4, 0.5) is 0 Å². The van der Waals surface area contributed by atoms with Gasteiger partial charge in [-0.2, -0.15) is 0 Å². The van der Waals surface area contributed by atoms with Crippen molar-refractivity contribution in [3.8, 4) is 5.75 Å². The average Bonchev–Trinajstić information content (AvgIpc) is 2.48. The van der Waals surface area contributed by atoms with E-state index in [1.54, 1.807) is 12.1 Å². The van der Waals surface area contributed by atoms with Crippen LogP contribution >= 0.6 is 0 Å². The van der Waals surface area contributed by atoms with Crippen molar-refractivity contribution in [3.05, 3.63) is 72.6 Å². The lowest BCUT2D eigenvalue weighted by atomic mass is 10.1. The Morgan fingerprint density at radius 3 is 2.68 bits per heavy atom. The van der Waals surface area contributed by atoms with Crippen molar-refractivity contribution < 1.29 is 9.53 Å². The highest BCUT2D eigenvalue weighted by molar-refractivity contribution is 5.96. The van der Waals surface area contributed by atoms with Gasteiger partial charge in [-0.1, -0.05) is 30.3 Å². The second-order valence-electron chi connectivity index (χ2n) is 4.07. The SMILES string of the molecule is O=C(Oc1c[c]ncc1)c1ccc2ccccc2c1. The van der Waals surface area contributed by atoms with Gasteiger partial charge in [-0.25, -0.2) is 4.79 Å². The molecule has 1 aromatic heterocycles. The lowest BCUT2D eigenvalue weighted by Crippen LogP contribution is -2.08. The summed E-state index contributed by atoms with van der Waals surface area (Å²) in [4.78, 5) is 15.8. The third kappa shape index (κ3) is 2.45. The first kappa shape index (κ1) is 11.4. The molecule has 0 fully saturated rings. The lowest BCUT2D eigenvalue weighted by Gasteiger charge is -2.04. The van der Waals surface area contributed by atoms with E-state index in [1.165, 1.54) is 12.3 Å². The minimum absolute atomic E-state index is 0.384. The van der Waals surface area contributed by atoms with Gasteiger partial charge in [0.25, 0.3) is 0 Å². The van der Waals surface area contributed by atoms with Crippen LogP contribution in [-0.4, -0.2) is 11.0 Å². The topological polar surface area (TPSA) is 39.2 Å². The Hall–Kier alpha value is -2.68. The number of carbonyl (C=O) groups excluding carboxylic acids is 1. The van der Waals surface area contributed by atoms with Crippen LogP contribution < -0.4 is 4.74 Å². The van der Waals surface area contributed by atoms with Gasteiger partial charge in [0, 0.05) is 12.3 Å². The number of fused-ring (bicyclic) bond motifs is 1. The Balaban J connectivity index is 1.89. The molecular formula is C16H10NO2. The van der Waals surface area contributed by atoms with Gasteiger partial charge >= 0.3 is 5.97 Å². The molecule has 3 nitrogen and oxygen atoms in total. The highest BCUT2D eigenvalue weighted by atomic mass is 16.5. The highest BCUT2D eigenvalue weighted by Crippen LogP contribution is 2.17. The summed E-state index contributed by atoms with van der Waals surface area (Å²) < 4.78 is 5.24. The van der Waals surface area contributed by atoms with Crippen molar-refractivity contribution in [1.82, 2.24) is 4.98 Å². The molecule has 0 unspecified atom stereocenters. The summed E-state index contributed by atoms with van der Waals surface area (Å²) in [6.07, 6.45) is 4.15. The molecule has 0 saturated heterocycles. The molecule has 1 heterocycles. The zero-order valence-electron chi connectivity index (χ0n) is 10.0. The third-order valence-electron chi connectivity index (χ3n) is 2.79. The predicted octanol–water partition coefficient (Wildman–Crippen LogP) is 3.25. The minimum Gasteiger partial charge on any atom is -0.423 e. The van der Waals surface area contributed by atoms with Crippen LogP contribution in [0.15, 0.2) is 60.8 Å². The maximum atomic E-state index is 12.0. The van der Waals surface area contributed by atoms with Gasteiger partial charge in [-0.05, 0) is 29.0 Å². The Bertz CT molecular complexity index is 723. The van der Waals surface area contributed by atoms with Crippen LogP contribution in [0.25, 0.3) is 10.8 Å². The number of aromatic nitrogens is 1. The van der Waals surface area contributed by atoms with E-state index in [-0.39, 0.29) is 5.97 Å². The number of ether oxygens (including phenoxy) is 1. The van der Waals surface area contributed by atoms with E-state index in [0.717, 1.165) is 10.8 Å². The van der Waals surface area contributed by atoms with Crippen LogP contribution in [0.1, 0.15) is 10.4 Å². The summed E-state index contributed by atoms with van der Waals surface area (Å²) in [7, 11) is 0. The van der Waals surface area contributed by atoms with E-state index >= 15 is 0 Å². The van der Waals surface area contributed by atoms with E-state index in [1.807, 2.05) is 36.4 Å². The monoisotopic (exact) mass is 248 g/mol. The van der Waals surface area contributed by atoms with Gasteiger partial charge < -0.3 is 4.74 Å². The highest BCUT2D eigenvalue weighted by Gasteiger charge is 2.08. The summed E-state index contributed by atoms with van der Waals surface area (Å²) in [5, 5.41) is 2.11. The van der Waals surface area contributed by atoms with E-state index < -0.39 is 0 Å². The van der Waals surface area contributed by atoms with E-state index in [9.17, 15) is 4.79 Å². The molecule has 0 aliphatic carbocycles. The van der Waals surface area contributed by atoms with Crippen molar-refractivity contribution in [2.24, 2.45) is 0 Å². The molecule has 0 N–H and O–H groups in total. The smallest absolute Gasteiger partial charge is 0.343 e. The summed E-state index contributed by atoms with van der Waals surface area (Å²) in [5.74, 6) is 0.0542. The van der Waals surface area contributed by atoms with E-state index in [2.05, 4.69) is 11.2 Å². The van der Waals surface area contributed by atoms with Crippen molar-refractivity contribution in [2.45, 2.75) is 0 Å². The molecular weight excluding hydrogens is 238 g/mol. The molecule has 0 spiro atoms. The van der Waals surface area contributed by atoms with Crippen LogP contribution in [0.5, 0.6) is 5.75 Å². The summed E-state index contributed by atoms with van der Waals surface area (Å²) in [6, 6.07) is 16.5. The number of nitrogens with zero attached hydrogens (tertiary/aromatic N) is 1. The normalized spacial score (nSPS) is 10.3. The van der Waals surface area contributed by atoms with Gasteiger partial charge in [0.1, 0.15) is 5.75 Å². The lowest BCUT2D eigenvalue weighted by molar-refractivity contribution is 0.0735. The van der Waals surface area contributed by atoms with Crippen LogP contribution in [0.2, 0.25) is 0 Å². The van der Waals surface area contributed by atoms with Gasteiger partial charge in [-0.15, -0.1) is 0 Å². The van der Waals surface area contributed by atoms with Crippen LogP contribution in [0, 0.1) is 6.20 Å². The second-order valence-corrected chi connectivity index (χ2v) is 4.07. The minimum atomic E-state index is -0.384. The number of carbonyl (C=O) groups is 1. The van der Waals surface area contributed by atoms with Crippen LogP contribution in [0.3, 0.4) is 0 Å². The number of hydrogen-bond acceptors (Lipinski definition) is 3. The number of rotatable bonds is 2. The second kappa shape index (κ2) is 4.90. The van der Waals surface area contributed by atoms with E-state index in [0.29, 0.717) is 11.3 Å². The van der Waals surface area contributed by atoms with Gasteiger partial charge in [0.15, 0.2) is 0 Å². The van der Waals surface area contributed by atoms with Gasteiger partial charge in [0.05, 0.1) is 11.8 Å². The first-order chi connectivity index (χ1) is 9.33. The molecule has 0 atom stereocenters. The van der Waals surface area contributed by atoms with Crippen molar-refractivity contribution in [1.29, 1.82) is 0 Å². The van der Waals surface area contributed by atoms with Gasteiger partial charge in [-0.3, -0.25) is 4.98 Å². The molecule has 0 aliphatic rings. The fourth-order valence-corrected chi connectivity index (χ4v) is 1.85. The van der Waals surface area contributed by atoms with Crippen molar-refractivity contribution in [2.75, 3.05) is 0 Å². The molecule has 3 aromatic rings.